The van der Waals surface area contributed by atoms with E-state index in [1.807, 2.05) is 36.6 Å². The van der Waals surface area contributed by atoms with E-state index in [0.29, 0.717) is 0 Å². The molecular weight excluding hydrogens is 312 g/mol. The highest BCUT2D eigenvalue weighted by Crippen LogP contribution is 2.30. The average molecular weight is 324 g/mol. The summed E-state index contributed by atoms with van der Waals surface area (Å²) in [7, 11) is 0. The van der Waals surface area contributed by atoms with Crippen LogP contribution in [-0.4, -0.2) is 19.9 Å². The van der Waals surface area contributed by atoms with E-state index in [4.69, 9.17) is 4.98 Å². The van der Waals surface area contributed by atoms with Gasteiger partial charge < -0.3 is 0 Å². The van der Waals surface area contributed by atoms with E-state index in [1.165, 1.54) is 0 Å². The number of hydrogen-bond acceptors (Lipinski definition) is 6. The van der Waals surface area contributed by atoms with Gasteiger partial charge in [0.25, 0.3) is 0 Å². The van der Waals surface area contributed by atoms with Crippen LogP contribution in [0, 0.1) is 6.92 Å². The molecule has 0 saturated carbocycles. The molecule has 0 bridgehead atoms. The molecular formula is C16H12N4S2. The number of aromatic nitrogens is 4. The average Bonchev–Trinajstić information content (AvgIpc) is 3.02. The number of hydrogen-bond donors (Lipinski definition) is 0. The SMILES string of the molecule is Cc1nc2ccccc2nc1CSc1ncnc2sccc12. The molecule has 3 aromatic heterocycles. The fourth-order valence-electron chi connectivity index (χ4n) is 2.28. The van der Waals surface area contributed by atoms with Gasteiger partial charge in [-0.2, -0.15) is 0 Å². The van der Waals surface area contributed by atoms with Gasteiger partial charge in [-0.3, -0.25) is 0 Å². The van der Waals surface area contributed by atoms with Gasteiger partial charge in [0.1, 0.15) is 16.2 Å². The molecule has 4 rings (SSSR count). The zero-order chi connectivity index (χ0) is 14.9. The maximum Gasteiger partial charge on any atom is 0.127 e. The molecule has 0 atom stereocenters. The van der Waals surface area contributed by atoms with Gasteiger partial charge in [-0.15, -0.1) is 11.3 Å². The minimum absolute atomic E-state index is 0.756. The number of rotatable bonds is 3. The van der Waals surface area contributed by atoms with Crippen molar-refractivity contribution in [2.24, 2.45) is 0 Å². The first-order chi connectivity index (χ1) is 10.8. The fourth-order valence-corrected chi connectivity index (χ4v) is 4.07. The zero-order valence-corrected chi connectivity index (χ0v) is 13.5. The number of aryl methyl sites for hydroxylation is 1. The summed E-state index contributed by atoms with van der Waals surface area (Å²) in [6.07, 6.45) is 1.63. The lowest BCUT2D eigenvalue weighted by atomic mass is 10.2. The standard InChI is InChI=1S/C16H12N4S2/c1-10-14(20-13-5-3-2-4-12(13)19-10)8-22-16-11-6-7-21-15(11)17-9-18-16/h2-7,9H,8H2,1H3. The summed E-state index contributed by atoms with van der Waals surface area (Å²) in [6.45, 7) is 2.01. The van der Waals surface area contributed by atoms with Crippen molar-refractivity contribution in [2.75, 3.05) is 0 Å². The van der Waals surface area contributed by atoms with Gasteiger partial charge in [0.15, 0.2) is 0 Å². The Morgan fingerprint density at radius 3 is 2.73 bits per heavy atom. The first-order valence-electron chi connectivity index (χ1n) is 6.84. The summed E-state index contributed by atoms with van der Waals surface area (Å²) in [5, 5.41) is 4.16. The second kappa shape index (κ2) is 5.62. The topological polar surface area (TPSA) is 51.6 Å². The minimum Gasteiger partial charge on any atom is -0.250 e. The molecule has 0 unspecified atom stereocenters. The fraction of sp³-hybridized carbons (Fsp3) is 0.125. The van der Waals surface area contributed by atoms with Crippen LogP contribution in [-0.2, 0) is 5.75 Å². The van der Waals surface area contributed by atoms with Gasteiger partial charge in [0, 0.05) is 11.1 Å². The van der Waals surface area contributed by atoms with Gasteiger partial charge >= 0.3 is 0 Å². The van der Waals surface area contributed by atoms with Crippen molar-refractivity contribution < 1.29 is 0 Å². The van der Waals surface area contributed by atoms with Crippen molar-refractivity contribution in [1.29, 1.82) is 0 Å². The number of fused-ring (bicyclic) bond motifs is 2. The lowest BCUT2D eigenvalue weighted by Gasteiger charge is -2.06. The van der Waals surface area contributed by atoms with Crippen molar-refractivity contribution in [3.63, 3.8) is 0 Å². The monoisotopic (exact) mass is 324 g/mol. The van der Waals surface area contributed by atoms with Crippen LogP contribution in [0.25, 0.3) is 21.3 Å². The van der Waals surface area contributed by atoms with Crippen molar-refractivity contribution in [3.05, 3.63) is 53.4 Å². The Morgan fingerprint density at radius 2 is 1.86 bits per heavy atom. The quantitative estimate of drug-likeness (QED) is 0.417. The molecule has 0 radical (unpaired) electrons. The number of thioether (sulfide) groups is 1. The van der Waals surface area contributed by atoms with Crippen LogP contribution in [0.3, 0.4) is 0 Å². The molecule has 0 aliphatic carbocycles. The van der Waals surface area contributed by atoms with E-state index in [0.717, 1.165) is 43.4 Å². The Labute approximate surface area is 135 Å². The van der Waals surface area contributed by atoms with Crippen LogP contribution in [0.4, 0.5) is 0 Å². The van der Waals surface area contributed by atoms with Crippen LogP contribution in [0.1, 0.15) is 11.4 Å². The van der Waals surface area contributed by atoms with E-state index >= 15 is 0 Å². The number of para-hydroxylation sites is 2. The Hall–Kier alpha value is -2.05. The molecule has 0 N–H and O–H groups in total. The Bertz CT molecular complexity index is 965. The van der Waals surface area contributed by atoms with Gasteiger partial charge in [0.05, 0.1) is 22.4 Å². The Balaban J connectivity index is 1.66. The number of thiophene rings is 1. The molecule has 6 heteroatoms. The Kier molecular flexibility index (Phi) is 3.48. The number of nitrogens with zero attached hydrogens (tertiary/aromatic N) is 4. The molecule has 108 valence electrons. The summed E-state index contributed by atoms with van der Waals surface area (Å²) in [4.78, 5) is 19.1. The molecule has 0 spiro atoms. The van der Waals surface area contributed by atoms with Gasteiger partial charge in [0.2, 0.25) is 0 Å². The normalized spacial score (nSPS) is 11.3. The molecule has 1 aromatic carbocycles. The molecule has 4 aromatic rings. The van der Waals surface area contributed by atoms with Crippen LogP contribution in [0.2, 0.25) is 0 Å². The summed E-state index contributed by atoms with van der Waals surface area (Å²) in [6, 6.07) is 10.0. The van der Waals surface area contributed by atoms with E-state index in [2.05, 4.69) is 21.0 Å². The molecule has 4 nitrogen and oxygen atoms in total. The van der Waals surface area contributed by atoms with Crippen LogP contribution < -0.4 is 0 Å². The zero-order valence-electron chi connectivity index (χ0n) is 11.9. The molecule has 0 aliphatic rings. The molecule has 22 heavy (non-hydrogen) atoms. The predicted octanol–water partition coefficient (Wildman–Crippen LogP) is 4.24. The summed E-state index contributed by atoms with van der Waals surface area (Å²) < 4.78 is 0. The second-order valence-electron chi connectivity index (χ2n) is 4.85. The van der Waals surface area contributed by atoms with Crippen molar-refractivity contribution >= 4 is 44.3 Å². The van der Waals surface area contributed by atoms with E-state index < -0.39 is 0 Å². The maximum absolute atomic E-state index is 4.73. The van der Waals surface area contributed by atoms with E-state index in [1.54, 1.807) is 29.4 Å². The highest BCUT2D eigenvalue weighted by molar-refractivity contribution is 7.98. The first-order valence-corrected chi connectivity index (χ1v) is 8.71. The van der Waals surface area contributed by atoms with Crippen molar-refractivity contribution in [2.45, 2.75) is 17.7 Å². The summed E-state index contributed by atoms with van der Waals surface area (Å²) >= 11 is 3.32. The smallest absolute Gasteiger partial charge is 0.127 e. The van der Waals surface area contributed by atoms with Crippen LogP contribution >= 0.6 is 23.1 Å². The van der Waals surface area contributed by atoms with Gasteiger partial charge in [-0.05, 0) is 30.5 Å². The highest BCUT2D eigenvalue weighted by atomic mass is 32.2. The largest absolute Gasteiger partial charge is 0.250 e. The third-order valence-corrected chi connectivity index (χ3v) is 5.25. The highest BCUT2D eigenvalue weighted by Gasteiger charge is 2.09. The van der Waals surface area contributed by atoms with E-state index in [9.17, 15) is 0 Å². The van der Waals surface area contributed by atoms with Gasteiger partial charge in [-0.25, -0.2) is 19.9 Å². The summed E-state index contributed by atoms with van der Waals surface area (Å²) in [5.41, 5.74) is 3.86. The third kappa shape index (κ3) is 2.44. The molecule has 0 fully saturated rings. The van der Waals surface area contributed by atoms with Crippen LogP contribution in [0.5, 0.6) is 0 Å². The minimum atomic E-state index is 0.756. The van der Waals surface area contributed by atoms with Gasteiger partial charge in [-0.1, -0.05) is 23.9 Å². The molecule has 0 saturated heterocycles. The predicted molar refractivity (Wildman–Crippen MR) is 91.3 cm³/mol. The lowest BCUT2D eigenvalue weighted by molar-refractivity contribution is 1.07. The first kappa shape index (κ1) is 13.6. The van der Waals surface area contributed by atoms with E-state index in [-0.39, 0.29) is 0 Å². The maximum atomic E-state index is 4.73. The molecule has 3 heterocycles. The second-order valence-corrected chi connectivity index (χ2v) is 6.71. The molecule has 0 aliphatic heterocycles. The number of benzene rings is 1. The lowest BCUT2D eigenvalue weighted by Crippen LogP contribution is -1.97. The molecule has 0 amide bonds. The Morgan fingerprint density at radius 1 is 1.05 bits per heavy atom. The third-order valence-electron chi connectivity index (χ3n) is 3.41. The van der Waals surface area contributed by atoms with Crippen molar-refractivity contribution in [1.82, 2.24) is 19.9 Å². The van der Waals surface area contributed by atoms with Crippen LogP contribution in [0.15, 0.2) is 47.1 Å². The van der Waals surface area contributed by atoms with Crippen molar-refractivity contribution in [3.8, 4) is 0 Å². The summed E-state index contributed by atoms with van der Waals surface area (Å²) in [5.74, 6) is 0.756.